The second kappa shape index (κ2) is 7.09. The van der Waals surface area contributed by atoms with Gasteiger partial charge < -0.3 is 15.4 Å². The van der Waals surface area contributed by atoms with Crippen molar-refractivity contribution in [1.29, 1.82) is 0 Å². The second-order valence-electron chi connectivity index (χ2n) is 4.96. The molecule has 0 aromatic heterocycles. The number of benzene rings is 2. The van der Waals surface area contributed by atoms with E-state index in [1.807, 2.05) is 24.3 Å². The first-order valence-electron chi connectivity index (χ1n) is 6.86. The predicted molar refractivity (Wildman–Crippen MR) is 91.9 cm³/mol. The standard InChI is InChI=1S/C17H20N2OS/c1-12-4-6-14(7-5-12)13(2)18-17(21)19-15-8-10-16(20-3)11-9-15/h4-11,13H,1-3H3,(H2,18,19,21). The van der Waals surface area contributed by atoms with Crippen LogP contribution >= 0.6 is 12.2 Å². The molecular weight excluding hydrogens is 280 g/mol. The van der Waals surface area contributed by atoms with E-state index in [0.29, 0.717) is 5.11 Å². The van der Waals surface area contributed by atoms with Gasteiger partial charge in [-0.2, -0.15) is 0 Å². The Balaban J connectivity index is 1.92. The van der Waals surface area contributed by atoms with Gasteiger partial charge in [-0.15, -0.1) is 0 Å². The van der Waals surface area contributed by atoms with Crippen LogP contribution in [0.2, 0.25) is 0 Å². The number of hydrogen-bond acceptors (Lipinski definition) is 2. The van der Waals surface area contributed by atoms with Crippen molar-refractivity contribution in [1.82, 2.24) is 5.32 Å². The molecule has 2 rings (SSSR count). The van der Waals surface area contributed by atoms with Gasteiger partial charge >= 0.3 is 0 Å². The molecular formula is C17H20N2OS. The van der Waals surface area contributed by atoms with E-state index < -0.39 is 0 Å². The lowest BCUT2D eigenvalue weighted by Crippen LogP contribution is -2.30. The summed E-state index contributed by atoms with van der Waals surface area (Å²) in [5.41, 5.74) is 3.40. The zero-order valence-corrected chi connectivity index (χ0v) is 13.3. The van der Waals surface area contributed by atoms with Gasteiger partial charge in [0, 0.05) is 5.69 Å². The monoisotopic (exact) mass is 300 g/mol. The number of methoxy groups -OCH3 is 1. The Bertz CT molecular complexity index is 593. The minimum absolute atomic E-state index is 0.156. The quantitative estimate of drug-likeness (QED) is 0.835. The fraction of sp³-hybridized carbons (Fsp3) is 0.235. The maximum atomic E-state index is 5.35. The Kier molecular flexibility index (Phi) is 5.17. The number of ether oxygens (including phenoxy) is 1. The SMILES string of the molecule is COc1ccc(NC(=S)NC(C)c2ccc(C)cc2)cc1. The highest BCUT2D eigenvalue weighted by molar-refractivity contribution is 7.80. The predicted octanol–water partition coefficient (Wildman–Crippen LogP) is 4.05. The van der Waals surface area contributed by atoms with E-state index in [0.717, 1.165) is 11.4 Å². The van der Waals surface area contributed by atoms with Gasteiger partial charge in [-0.3, -0.25) is 0 Å². The maximum Gasteiger partial charge on any atom is 0.171 e. The summed E-state index contributed by atoms with van der Waals surface area (Å²) in [5.74, 6) is 0.826. The topological polar surface area (TPSA) is 33.3 Å². The molecule has 2 aromatic carbocycles. The molecule has 2 aromatic rings. The van der Waals surface area contributed by atoms with Gasteiger partial charge in [0.1, 0.15) is 5.75 Å². The van der Waals surface area contributed by atoms with Crippen molar-refractivity contribution in [2.24, 2.45) is 0 Å². The lowest BCUT2D eigenvalue weighted by atomic mass is 10.1. The molecule has 0 fully saturated rings. The third-order valence-electron chi connectivity index (χ3n) is 3.27. The van der Waals surface area contributed by atoms with E-state index in [1.165, 1.54) is 11.1 Å². The molecule has 21 heavy (non-hydrogen) atoms. The van der Waals surface area contributed by atoms with Crippen molar-refractivity contribution in [2.75, 3.05) is 12.4 Å². The van der Waals surface area contributed by atoms with Crippen LogP contribution in [0.25, 0.3) is 0 Å². The van der Waals surface area contributed by atoms with Crippen LogP contribution in [0.1, 0.15) is 24.1 Å². The number of thiocarbonyl (C=S) groups is 1. The van der Waals surface area contributed by atoms with Gasteiger partial charge in [0.25, 0.3) is 0 Å². The van der Waals surface area contributed by atoms with Crippen LogP contribution in [0.5, 0.6) is 5.75 Å². The van der Waals surface area contributed by atoms with E-state index in [4.69, 9.17) is 17.0 Å². The third kappa shape index (κ3) is 4.46. The number of aryl methyl sites for hydroxylation is 1. The molecule has 0 saturated heterocycles. The van der Waals surface area contributed by atoms with Crippen LogP contribution in [0.3, 0.4) is 0 Å². The van der Waals surface area contributed by atoms with Crippen LogP contribution < -0.4 is 15.4 Å². The molecule has 3 nitrogen and oxygen atoms in total. The van der Waals surface area contributed by atoms with E-state index in [9.17, 15) is 0 Å². The summed E-state index contributed by atoms with van der Waals surface area (Å²) in [6.07, 6.45) is 0. The van der Waals surface area contributed by atoms with Crippen LogP contribution in [0.4, 0.5) is 5.69 Å². The van der Waals surface area contributed by atoms with Gasteiger partial charge in [-0.05, 0) is 55.9 Å². The number of nitrogens with one attached hydrogen (secondary N) is 2. The Morgan fingerprint density at radius 2 is 1.67 bits per heavy atom. The smallest absolute Gasteiger partial charge is 0.171 e. The zero-order chi connectivity index (χ0) is 15.2. The summed E-state index contributed by atoms with van der Waals surface area (Å²) in [7, 11) is 1.65. The molecule has 0 spiro atoms. The van der Waals surface area contributed by atoms with Gasteiger partial charge in [-0.25, -0.2) is 0 Å². The van der Waals surface area contributed by atoms with Crippen molar-refractivity contribution < 1.29 is 4.74 Å². The lowest BCUT2D eigenvalue weighted by molar-refractivity contribution is 0.415. The maximum absolute atomic E-state index is 5.35. The zero-order valence-electron chi connectivity index (χ0n) is 12.5. The first kappa shape index (κ1) is 15.3. The molecule has 0 radical (unpaired) electrons. The summed E-state index contributed by atoms with van der Waals surface area (Å²) < 4.78 is 5.13. The summed E-state index contributed by atoms with van der Waals surface area (Å²) in [4.78, 5) is 0. The van der Waals surface area contributed by atoms with Gasteiger partial charge in [0.15, 0.2) is 5.11 Å². The molecule has 110 valence electrons. The van der Waals surface area contributed by atoms with Crippen LogP contribution in [-0.2, 0) is 0 Å². The van der Waals surface area contributed by atoms with E-state index in [1.54, 1.807) is 7.11 Å². The number of hydrogen-bond donors (Lipinski definition) is 2. The molecule has 0 saturated carbocycles. The Hall–Kier alpha value is -2.07. The van der Waals surface area contributed by atoms with Crippen LogP contribution in [0.15, 0.2) is 48.5 Å². The fourth-order valence-electron chi connectivity index (χ4n) is 1.98. The van der Waals surface area contributed by atoms with Crippen molar-refractivity contribution in [3.8, 4) is 5.75 Å². The van der Waals surface area contributed by atoms with Crippen molar-refractivity contribution in [2.45, 2.75) is 19.9 Å². The van der Waals surface area contributed by atoms with Gasteiger partial charge in [0.2, 0.25) is 0 Å². The Morgan fingerprint density at radius 1 is 1.05 bits per heavy atom. The molecule has 1 unspecified atom stereocenters. The third-order valence-corrected chi connectivity index (χ3v) is 3.49. The largest absolute Gasteiger partial charge is 0.497 e. The molecule has 0 aliphatic heterocycles. The second-order valence-corrected chi connectivity index (χ2v) is 5.37. The summed E-state index contributed by atoms with van der Waals surface area (Å²) in [5, 5.41) is 7.06. The van der Waals surface area contributed by atoms with Gasteiger partial charge in [-0.1, -0.05) is 29.8 Å². The average molecular weight is 300 g/mol. The molecule has 1 atom stereocenters. The van der Waals surface area contributed by atoms with E-state index >= 15 is 0 Å². The Labute approximate surface area is 131 Å². The lowest BCUT2D eigenvalue weighted by Gasteiger charge is -2.17. The number of anilines is 1. The minimum atomic E-state index is 0.156. The highest BCUT2D eigenvalue weighted by Gasteiger charge is 2.06. The highest BCUT2D eigenvalue weighted by Crippen LogP contribution is 2.16. The van der Waals surface area contributed by atoms with E-state index in [2.05, 4.69) is 48.7 Å². The van der Waals surface area contributed by atoms with Crippen molar-refractivity contribution in [3.05, 3.63) is 59.7 Å². The van der Waals surface area contributed by atoms with Crippen LogP contribution in [-0.4, -0.2) is 12.2 Å². The first-order valence-corrected chi connectivity index (χ1v) is 7.27. The molecule has 0 aliphatic carbocycles. The fourth-order valence-corrected chi connectivity index (χ4v) is 2.27. The average Bonchev–Trinajstić information content (AvgIpc) is 2.48. The normalized spacial score (nSPS) is 11.6. The molecule has 0 heterocycles. The number of rotatable bonds is 4. The summed E-state index contributed by atoms with van der Waals surface area (Å²) in [6, 6.07) is 16.3. The Morgan fingerprint density at radius 3 is 2.24 bits per heavy atom. The van der Waals surface area contributed by atoms with Crippen LogP contribution in [0, 0.1) is 6.92 Å². The molecule has 0 aliphatic rings. The molecule has 0 amide bonds. The summed E-state index contributed by atoms with van der Waals surface area (Å²) >= 11 is 5.35. The first-order chi connectivity index (χ1) is 10.1. The van der Waals surface area contributed by atoms with Crippen molar-refractivity contribution >= 4 is 23.0 Å². The van der Waals surface area contributed by atoms with Crippen molar-refractivity contribution in [3.63, 3.8) is 0 Å². The molecule has 0 bridgehead atoms. The van der Waals surface area contributed by atoms with E-state index in [-0.39, 0.29) is 6.04 Å². The summed E-state index contributed by atoms with van der Waals surface area (Å²) in [6.45, 7) is 4.17. The highest BCUT2D eigenvalue weighted by atomic mass is 32.1. The molecule has 4 heteroatoms. The van der Waals surface area contributed by atoms with Gasteiger partial charge in [0.05, 0.1) is 13.2 Å². The molecule has 2 N–H and O–H groups in total. The minimum Gasteiger partial charge on any atom is -0.497 e.